The summed E-state index contributed by atoms with van der Waals surface area (Å²) in [6, 6.07) is 0. The van der Waals surface area contributed by atoms with Gasteiger partial charge in [0.05, 0.1) is 0 Å². The van der Waals surface area contributed by atoms with E-state index < -0.39 is 0 Å². The van der Waals surface area contributed by atoms with Crippen LogP contribution in [-0.2, 0) is 0 Å². The maximum Gasteiger partial charge on any atom is -0.0349 e. The Morgan fingerprint density at radius 1 is 1.15 bits per heavy atom. The van der Waals surface area contributed by atoms with Crippen molar-refractivity contribution in [1.82, 2.24) is 0 Å². The van der Waals surface area contributed by atoms with Crippen LogP contribution in [0.2, 0.25) is 0 Å². The van der Waals surface area contributed by atoms with Gasteiger partial charge in [-0.05, 0) is 48.9 Å². The molecule has 0 amide bonds. The molecule has 76 valence electrons. The summed E-state index contributed by atoms with van der Waals surface area (Å²) in [5.41, 5.74) is 0. The van der Waals surface area contributed by atoms with E-state index in [1.807, 2.05) is 0 Å². The van der Waals surface area contributed by atoms with Gasteiger partial charge in [-0.25, -0.2) is 0 Å². The van der Waals surface area contributed by atoms with Gasteiger partial charge in [0.2, 0.25) is 0 Å². The van der Waals surface area contributed by atoms with E-state index in [0.717, 1.165) is 17.8 Å². The van der Waals surface area contributed by atoms with E-state index in [9.17, 15) is 0 Å². The number of hydrogen-bond acceptors (Lipinski definition) is 0. The average Bonchev–Trinajstić information content (AvgIpc) is 2.54. The van der Waals surface area contributed by atoms with Crippen LogP contribution in [0.15, 0.2) is 0 Å². The summed E-state index contributed by atoms with van der Waals surface area (Å²) >= 11 is 0. The van der Waals surface area contributed by atoms with Gasteiger partial charge in [-0.15, -0.1) is 0 Å². The lowest BCUT2D eigenvalue weighted by atomic mass is 9.97. The quantitative estimate of drug-likeness (QED) is 0.611. The fourth-order valence-electron chi connectivity index (χ4n) is 3.44. The Labute approximate surface area is 83.1 Å². The Hall–Kier alpha value is 0. The minimum absolute atomic E-state index is 0.914. The molecular formula is C13H24. The summed E-state index contributed by atoms with van der Waals surface area (Å²) in [5.74, 6) is 5.47. The van der Waals surface area contributed by atoms with Gasteiger partial charge in [-0.3, -0.25) is 0 Å². The molecule has 13 heavy (non-hydrogen) atoms. The molecule has 0 radical (unpaired) electrons. The van der Waals surface area contributed by atoms with Crippen molar-refractivity contribution in [2.45, 2.75) is 52.9 Å². The van der Waals surface area contributed by atoms with E-state index in [1.54, 1.807) is 19.3 Å². The largest absolute Gasteiger partial charge is 0.0628 e. The van der Waals surface area contributed by atoms with Gasteiger partial charge in [0, 0.05) is 0 Å². The monoisotopic (exact) mass is 180 g/mol. The van der Waals surface area contributed by atoms with Gasteiger partial charge < -0.3 is 0 Å². The normalized spacial score (nSPS) is 42.5. The van der Waals surface area contributed by atoms with Gasteiger partial charge in [0.1, 0.15) is 0 Å². The topological polar surface area (TPSA) is 0 Å². The Morgan fingerprint density at radius 2 is 1.77 bits per heavy atom. The molecule has 0 aliphatic heterocycles. The summed E-state index contributed by atoms with van der Waals surface area (Å²) in [4.78, 5) is 0. The highest BCUT2D eigenvalue weighted by Crippen LogP contribution is 2.61. The third-order valence-electron chi connectivity index (χ3n) is 4.18. The van der Waals surface area contributed by atoms with Crippen LogP contribution >= 0.6 is 0 Å². The molecule has 2 unspecified atom stereocenters. The fraction of sp³-hybridized carbons (Fsp3) is 1.00. The zero-order chi connectivity index (χ0) is 9.42. The number of hydrogen-bond donors (Lipinski definition) is 0. The molecular weight excluding hydrogens is 156 g/mol. The minimum atomic E-state index is 0.914. The predicted molar refractivity (Wildman–Crippen MR) is 57.6 cm³/mol. The van der Waals surface area contributed by atoms with Gasteiger partial charge in [-0.2, -0.15) is 0 Å². The molecule has 0 heteroatoms. The van der Waals surface area contributed by atoms with Crippen molar-refractivity contribution in [2.75, 3.05) is 0 Å². The lowest BCUT2D eigenvalue weighted by Crippen LogP contribution is -1.97. The summed E-state index contributed by atoms with van der Waals surface area (Å²) in [6.45, 7) is 7.11. The Morgan fingerprint density at radius 3 is 2.31 bits per heavy atom. The van der Waals surface area contributed by atoms with Crippen molar-refractivity contribution in [1.29, 1.82) is 0 Å². The van der Waals surface area contributed by atoms with Crippen LogP contribution in [-0.4, -0.2) is 0 Å². The van der Waals surface area contributed by atoms with Crippen molar-refractivity contribution < 1.29 is 0 Å². The zero-order valence-electron chi connectivity index (χ0n) is 9.42. The molecule has 0 aromatic rings. The van der Waals surface area contributed by atoms with E-state index in [0.29, 0.717) is 0 Å². The molecule has 2 aliphatic rings. The second kappa shape index (κ2) is 3.63. The molecule has 0 saturated heterocycles. The van der Waals surface area contributed by atoms with Crippen LogP contribution < -0.4 is 0 Å². The number of rotatable bonds is 4. The zero-order valence-corrected chi connectivity index (χ0v) is 9.42. The average molecular weight is 180 g/mol. The van der Waals surface area contributed by atoms with Crippen molar-refractivity contribution in [3.8, 4) is 0 Å². The maximum absolute atomic E-state index is 2.43. The lowest BCUT2D eigenvalue weighted by molar-refractivity contribution is 0.430. The van der Waals surface area contributed by atoms with E-state index in [4.69, 9.17) is 0 Å². The van der Waals surface area contributed by atoms with Crippen LogP contribution in [0.5, 0.6) is 0 Å². The van der Waals surface area contributed by atoms with Crippen molar-refractivity contribution in [3.63, 3.8) is 0 Å². The summed E-state index contributed by atoms with van der Waals surface area (Å²) in [5, 5.41) is 0. The molecule has 2 fully saturated rings. The second-order valence-corrected chi connectivity index (χ2v) is 5.89. The summed E-state index contributed by atoms with van der Waals surface area (Å²) < 4.78 is 0. The van der Waals surface area contributed by atoms with Gasteiger partial charge in [0.25, 0.3) is 0 Å². The van der Waals surface area contributed by atoms with E-state index in [-0.39, 0.29) is 0 Å². The Kier molecular flexibility index (Phi) is 2.67. The van der Waals surface area contributed by atoms with Gasteiger partial charge in [0.15, 0.2) is 0 Å². The third-order valence-corrected chi connectivity index (χ3v) is 4.18. The molecule has 0 bridgehead atoms. The minimum Gasteiger partial charge on any atom is -0.0628 e. The first-order valence-electron chi connectivity index (χ1n) is 6.18. The fourth-order valence-corrected chi connectivity index (χ4v) is 3.44. The van der Waals surface area contributed by atoms with Crippen LogP contribution in [0.1, 0.15) is 52.9 Å². The van der Waals surface area contributed by atoms with E-state index in [1.165, 1.54) is 24.7 Å². The smallest absolute Gasteiger partial charge is 0.0349 e. The molecule has 2 rings (SSSR count). The molecule has 0 heterocycles. The van der Waals surface area contributed by atoms with E-state index >= 15 is 0 Å². The Balaban J connectivity index is 1.60. The highest BCUT2D eigenvalue weighted by atomic mass is 14.6. The number of fused-ring (bicyclic) bond motifs is 1. The van der Waals surface area contributed by atoms with E-state index in [2.05, 4.69) is 20.8 Å². The molecule has 2 atom stereocenters. The first-order valence-corrected chi connectivity index (χ1v) is 6.18. The Bertz CT molecular complexity index is 159. The molecule has 0 N–H and O–H groups in total. The van der Waals surface area contributed by atoms with Gasteiger partial charge in [-0.1, -0.05) is 33.6 Å². The maximum atomic E-state index is 2.43. The third kappa shape index (κ3) is 2.08. The molecule has 0 spiro atoms. The predicted octanol–water partition coefficient (Wildman–Crippen LogP) is 4.10. The van der Waals surface area contributed by atoms with Crippen molar-refractivity contribution in [3.05, 3.63) is 0 Å². The molecule has 0 nitrogen and oxygen atoms in total. The van der Waals surface area contributed by atoms with Crippen LogP contribution in [0.3, 0.4) is 0 Å². The first-order chi connectivity index (χ1) is 6.18. The van der Waals surface area contributed by atoms with Crippen molar-refractivity contribution >= 4 is 0 Å². The first kappa shape index (κ1) is 9.55. The lowest BCUT2D eigenvalue weighted by Gasteiger charge is -2.08. The molecule has 0 aromatic carbocycles. The van der Waals surface area contributed by atoms with Crippen LogP contribution in [0, 0.1) is 29.6 Å². The van der Waals surface area contributed by atoms with Crippen molar-refractivity contribution in [2.24, 2.45) is 29.6 Å². The van der Waals surface area contributed by atoms with Crippen LogP contribution in [0.4, 0.5) is 0 Å². The summed E-state index contributed by atoms with van der Waals surface area (Å²) in [7, 11) is 0. The molecule has 0 aromatic heterocycles. The molecule has 2 saturated carbocycles. The second-order valence-electron chi connectivity index (χ2n) is 5.89. The van der Waals surface area contributed by atoms with Gasteiger partial charge >= 0.3 is 0 Å². The molecule has 2 aliphatic carbocycles. The van der Waals surface area contributed by atoms with Crippen LogP contribution in [0.25, 0.3) is 0 Å². The summed E-state index contributed by atoms with van der Waals surface area (Å²) in [6.07, 6.45) is 7.59. The highest BCUT2D eigenvalue weighted by Gasteiger charge is 2.53. The highest BCUT2D eigenvalue weighted by molar-refractivity contribution is 5.02. The standard InChI is InChI=1S/C13H24/c1-9(2)5-4-6-11-12-7-10(3)8-13(11)12/h9-13H,4-8H2,1-3H3. The SMILES string of the molecule is CC(C)CCCC1C2CC(C)CC12.